The normalized spacial score (nSPS) is 12.1. The number of nitrogens with two attached hydrogens (primary N) is 1. The molecule has 2 heterocycles. The molecular weight excluding hydrogens is 182 g/mol. The van der Waals surface area contributed by atoms with E-state index < -0.39 is 0 Å². The van der Waals surface area contributed by atoms with Gasteiger partial charge in [-0.15, -0.1) is 0 Å². The molecule has 0 aromatic carbocycles. The quantitative estimate of drug-likeness (QED) is 0.303. The van der Waals surface area contributed by atoms with E-state index in [9.17, 15) is 0 Å². The Bertz CT molecular complexity index is 475. The zero-order valence-electron chi connectivity index (χ0n) is 7.33. The van der Waals surface area contributed by atoms with E-state index in [-0.39, 0.29) is 5.84 Å². The maximum absolute atomic E-state index is 8.43. The average Bonchev–Trinajstić information content (AvgIpc) is 2.62. The summed E-state index contributed by atoms with van der Waals surface area (Å²) in [5.41, 5.74) is 7.14. The summed E-state index contributed by atoms with van der Waals surface area (Å²) in [6, 6.07) is 0. The highest BCUT2D eigenvalue weighted by Gasteiger charge is 2.05. The predicted octanol–water partition coefficient (Wildman–Crippen LogP) is 0.0182. The molecule has 6 heteroatoms. The van der Waals surface area contributed by atoms with Gasteiger partial charge in [0.15, 0.2) is 0 Å². The van der Waals surface area contributed by atoms with Crippen molar-refractivity contribution in [2.75, 3.05) is 0 Å². The third kappa shape index (κ3) is 1.37. The summed E-state index contributed by atoms with van der Waals surface area (Å²) in [6.07, 6.45) is 7.12. The Balaban J connectivity index is 2.43. The first-order chi connectivity index (χ1) is 6.81. The highest BCUT2D eigenvalue weighted by molar-refractivity contribution is 5.83. The third-order valence-corrected chi connectivity index (χ3v) is 1.90. The van der Waals surface area contributed by atoms with Crippen LogP contribution in [0.2, 0.25) is 0 Å². The van der Waals surface area contributed by atoms with E-state index >= 15 is 0 Å². The fourth-order valence-electron chi connectivity index (χ4n) is 1.25. The fraction of sp³-hybridized carbons (Fsp3) is 0.125. The monoisotopic (exact) mass is 191 g/mol. The summed E-state index contributed by atoms with van der Waals surface area (Å²) >= 11 is 0. The highest BCUT2D eigenvalue weighted by atomic mass is 16.4. The minimum atomic E-state index is 0.156. The molecule has 14 heavy (non-hydrogen) atoms. The van der Waals surface area contributed by atoms with Crippen molar-refractivity contribution < 1.29 is 5.21 Å². The lowest BCUT2D eigenvalue weighted by molar-refractivity contribution is 0.317. The molecule has 0 radical (unpaired) electrons. The molecule has 0 fully saturated rings. The van der Waals surface area contributed by atoms with Crippen LogP contribution in [0.15, 0.2) is 29.9 Å². The first kappa shape index (κ1) is 8.49. The number of aromatic nitrogens is 3. The van der Waals surface area contributed by atoms with Gasteiger partial charge in [0.1, 0.15) is 5.84 Å². The van der Waals surface area contributed by atoms with Gasteiger partial charge >= 0.3 is 0 Å². The third-order valence-electron chi connectivity index (χ3n) is 1.90. The summed E-state index contributed by atoms with van der Waals surface area (Å²) < 4.78 is 1.69. The number of hydrogen-bond donors (Lipinski definition) is 2. The standard InChI is InChI=1S/C8H9N5O/c9-8(12-14)3-6-4-11-13-2-1-10-5-7(6)13/h1-2,4-5,14H,3H2,(H2,9,12). The van der Waals surface area contributed by atoms with Crippen molar-refractivity contribution in [1.29, 1.82) is 0 Å². The van der Waals surface area contributed by atoms with Gasteiger partial charge in [-0.3, -0.25) is 4.98 Å². The second-order valence-electron chi connectivity index (χ2n) is 2.84. The second kappa shape index (κ2) is 3.33. The second-order valence-corrected chi connectivity index (χ2v) is 2.84. The van der Waals surface area contributed by atoms with E-state index in [1.807, 2.05) is 0 Å². The van der Waals surface area contributed by atoms with Crippen LogP contribution in [0.25, 0.3) is 5.52 Å². The maximum atomic E-state index is 8.43. The van der Waals surface area contributed by atoms with Gasteiger partial charge in [0.2, 0.25) is 0 Å². The Hall–Kier alpha value is -2.11. The van der Waals surface area contributed by atoms with Gasteiger partial charge in [0.05, 0.1) is 17.9 Å². The van der Waals surface area contributed by atoms with Crippen molar-refractivity contribution in [2.24, 2.45) is 10.9 Å². The molecular formula is C8H9N5O. The molecule has 0 aliphatic carbocycles. The lowest BCUT2D eigenvalue weighted by Crippen LogP contribution is -2.14. The minimum absolute atomic E-state index is 0.156. The molecule has 2 aromatic rings. The van der Waals surface area contributed by atoms with Gasteiger partial charge < -0.3 is 10.9 Å². The molecule has 72 valence electrons. The SMILES string of the molecule is N/C(Cc1cnn2ccncc12)=N\O. The number of oxime groups is 1. The van der Waals surface area contributed by atoms with Crippen LogP contribution in [0.1, 0.15) is 5.56 Å². The van der Waals surface area contributed by atoms with Crippen LogP contribution >= 0.6 is 0 Å². The van der Waals surface area contributed by atoms with Crippen LogP contribution in [0.5, 0.6) is 0 Å². The molecule has 6 nitrogen and oxygen atoms in total. The van der Waals surface area contributed by atoms with Crippen LogP contribution in [0, 0.1) is 0 Å². The Morgan fingerprint density at radius 1 is 1.57 bits per heavy atom. The van der Waals surface area contributed by atoms with Gasteiger partial charge in [-0.05, 0) is 0 Å². The van der Waals surface area contributed by atoms with Crippen molar-refractivity contribution in [1.82, 2.24) is 14.6 Å². The van der Waals surface area contributed by atoms with E-state index in [0.29, 0.717) is 6.42 Å². The predicted molar refractivity (Wildman–Crippen MR) is 50.1 cm³/mol. The van der Waals surface area contributed by atoms with Crippen molar-refractivity contribution in [3.63, 3.8) is 0 Å². The Morgan fingerprint density at radius 2 is 2.43 bits per heavy atom. The Morgan fingerprint density at radius 3 is 3.21 bits per heavy atom. The number of hydrogen-bond acceptors (Lipinski definition) is 4. The average molecular weight is 191 g/mol. The zero-order valence-corrected chi connectivity index (χ0v) is 7.33. The largest absolute Gasteiger partial charge is 0.409 e. The van der Waals surface area contributed by atoms with Gasteiger partial charge in [-0.1, -0.05) is 5.16 Å². The van der Waals surface area contributed by atoms with Gasteiger partial charge in [-0.25, -0.2) is 4.52 Å². The molecule has 0 saturated carbocycles. The smallest absolute Gasteiger partial charge is 0.143 e. The number of amidine groups is 1. The highest BCUT2D eigenvalue weighted by Crippen LogP contribution is 2.08. The molecule has 0 bridgehead atoms. The summed E-state index contributed by atoms with van der Waals surface area (Å²) in [7, 11) is 0. The van der Waals surface area contributed by atoms with Crippen molar-refractivity contribution in [3.05, 3.63) is 30.4 Å². The van der Waals surface area contributed by atoms with Crippen molar-refractivity contribution >= 4 is 11.4 Å². The molecule has 0 aliphatic rings. The summed E-state index contributed by atoms with van der Waals surface area (Å²) in [6.45, 7) is 0. The van der Waals surface area contributed by atoms with E-state index in [1.54, 1.807) is 29.3 Å². The molecule has 0 saturated heterocycles. The van der Waals surface area contributed by atoms with E-state index in [4.69, 9.17) is 10.9 Å². The summed E-state index contributed by atoms with van der Waals surface area (Å²) in [5.74, 6) is 0.156. The molecule has 2 rings (SSSR count). The lowest BCUT2D eigenvalue weighted by atomic mass is 10.2. The van der Waals surface area contributed by atoms with E-state index in [1.165, 1.54) is 0 Å². The maximum Gasteiger partial charge on any atom is 0.143 e. The van der Waals surface area contributed by atoms with Crippen LogP contribution < -0.4 is 5.73 Å². The van der Waals surface area contributed by atoms with Gasteiger partial charge in [0.25, 0.3) is 0 Å². The van der Waals surface area contributed by atoms with Crippen LogP contribution in [-0.4, -0.2) is 25.6 Å². The summed E-state index contributed by atoms with van der Waals surface area (Å²) in [4.78, 5) is 3.97. The molecule has 0 atom stereocenters. The van der Waals surface area contributed by atoms with Crippen molar-refractivity contribution in [3.8, 4) is 0 Å². The van der Waals surface area contributed by atoms with E-state index in [0.717, 1.165) is 11.1 Å². The minimum Gasteiger partial charge on any atom is -0.409 e. The lowest BCUT2D eigenvalue weighted by Gasteiger charge is -1.96. The number of rotatable bonds is 2. The Labute approximate surface area is 79.7 Å². The molecule has 2 aromatic heterocycles. The van der Waals surface area contributed by atoms with Crippen LogP contribution in [0.4, 0.5) is 0 Å². The van der Waals surface area contributed by atoms with Gasteiger partial charge in [-0.2, -0.15) is 5.10 Å². The van der Waals surface area contributed by atoms with Crippen molar-refractivity contribution in [2.45, 2.75) is 6.42 Å². The molecule has 0 unspecified atom stereocenters. The van der Waals surface area contributed by atoms with Gasteiger partial charge in [0, 0.05) is 24.4 Å². The number of nitrogens with zero attached hydrogens (tertiary/aromatic N) is 4. The molecule has 0 amide bonds. The summed E-state index contributed by atoms with van der Waals surface area (Å²) in [5, 5.41) is 15.4. The first-order valence-corrected chi connectivity index (χ1v) is 4.04. The number of fused-ring (bicyclic) bond motifs is 1. The first-order valence-electron chi connectivity index (χ1n) is 4.04. The fourth-order valence-corrected chi connectivity index (χ4v) is 1.25. The zero-order chi connectivity index (χ0) is 9.97. The topological polar surface area (TPSA) is 88.8 Å². The Kier molecular flexibility index (Phi) is 2.02. The van der Waals surface area contributed by atoms with Crippen LogP contribution in [0.3, 0.4) is 0 Å². The molecule has 3 N–H and O–H groups in total. The molecule has 0 aliphatic heterocycles. The van der Waals surface area contributed by atoms with E-state index in [2.05, 4.69) is 15.2 Å². The van der Waals surface area contributed by atoms with Crippen LogP contribution in [-0.2, 0) is 6.42 Å². The molecule has 0 spiro atoms.